The quantitative estimate of drug-likeness (QED) is 0.314. The zero-order valence-electron chi connectivity index (χ0n) is 8.71. The van der Waals surface area contributed by atoms with Gasteiger partial charge in [-0.05, 0) is 20.6 Å². The molecule has 0 aromatic heterocycles. The highest BCUT2D eigenvalue weighted by molar-refractivity contribution is 5.77. The van der Waals surface area contributed by atoms with Gasteiger partial charge in [-0.2, -0.15) is 0 Å². The lowest BCUT2D eigenvalue weighted by molar-refractivity contribution is -0.122. The third-order valence-electron chi connectivity index (χ3n) is 1.84. The summed E-state index contributed by atoms with van der Waals surface area (Å²) in [4.78, 5) is 15.1. The van der Waals surface area contributed by atoms with Gasteiger partial charge in [0.25, 0.3) is 0 Å². The third kappa shape index (κ3) is 6.51. The van der Waals surface area contributed by atoms with E-state index in [1.54, 1.807) is 0 Å². The Morgan fingerprint density at radius 3 is 2.38 bits per heavy atom. The highest BCUT2D eigenvalue weighted by atomic mass is 16.2. The topological polar surface area (TPSA) is 61.6 Å². The SMILES string of the molecule is CCN(CCN(C)C)CC(=O)NN. The maximum Gasteiger partial charge on any atom is 0.248 e. The lowest BCUT2D eigenvalue weighted by Crippen LogP contribution is -2.42. The van der Waals surface area contributed by atoms with E-state index < -0.39 is 0 Å². The second-order valence-corrected chi connectivity index (χ2v) is 3.24. The van der Waals surface area contributed by atoms with Gasteiger partial charge in [0, 0.05) is 13.1 Å². The van der Waals surface area contributed by atoms with Crippen LogP contribution < -0.4 is 11.3 Å². The van der Waals surface area contributed by atoms with E-state index in [4.69, 9.17) is 5.84 Å². The maximum absolute atomic E-state index is 10.9. The van der Waals surface area contributed by atoms with Crippen LogP contribution in [-0.2, 0) is 4.79 Å². The van der Waals surface area contributed by atoms with Gasteiger partial charge in [-0.1, -0.05) is 6.92 Å². The molecule has 3 N–H and O–H groups in total. The van der Waals surface area contributed by atoms with E-state index in [-0.39, 0.29) is 5.91 Å². The van der Waals surface area contributed by atoms with Crippen LogP contribution in [0, 0.1) is 0 Å². The minimum absolute atomic E-state index is 0.138. The van der Waals surface area contributed by atoms with Crippen molar-refractivity contribution in [3.63, 3.8) is 0 Å². The van der Waals surface area contributed by atoms with Crippen molar-refractivity contribution < 1.29 is 4.79 Å². The lowest BCUT2D eigenvalue weighted by Gasteiger charge is -2.21. The number of likely N-dealkylation sites (N-methyl/N-ethyl adjacent to an activating group) is 2. The first-order valence-electron chi connectivity index (χ1n) is 4.46. The molecule has 0 radical (unpaired) electrons. The molecule has 0 heterocycles. The van der Waals surface area contributed by atoms with Crippen LogP contribution in [-0.4, -0.2) is 56.0 Å². The normalized spacial score (nSPS) is 10.9. The second-order valence-electron chi connectivity index (χ2n) is 3.24. The predicted molar refractivity (Wildman–Crippen MR) is 53.0 cm³/mol. The molecule has 1 amide bonds. The summed E-state index contributed by atoms with van der Waals surface area (Å²) < 4.78 is 0. The Balaban J connectivity index is 3.69. The highest BCUT2D eigenvalue weighted by Crippen LogP contribution is 1.87. The predicted octanol–water partition coefficient (Wildman–Crippen LogP) is -1.14. The molecule has 0 aliphatic heterocycles. The number of carbonyl (C=O) groups excluding carboxylic acids is 1. The largest absolute Gasteiger partial charge is 0.308 e. The van der Waals surface area contributed by atoms with Gasteiger partial charge >= 0.3 is 0 Å². The van der Waals surface area contributed by atoms with E-state index in [0.29, 0.717) is 6.54 Å². The zero-order valence-corrected chi connectivity index (χ0v) is 8.71. The Morgan fingerprint density at radius 2 is 2.00 bits per heavy atom. The summed E-state index contributed by atoms with van der Waals surface area (Å²) in [5.41, 5.74) is 2.12. The second kappa shape index (κ2) is 6.82. The van der Waals surface area contributed by atoms with Crippen molar-refractivity contribution in [3.8, 4) is 0 Å². The number of carbonyl (C=O) groups is 1. The molecule has 0 saturated carbocycles. The summed E-state index contributed by atoms with van der Waals surface area (Å²) in [6.45, 7) is 5.10. The Morgan fingerprint density at radius 1 is 1.38 bits per heavy atom. The molecule has 13 heavy (non-hydrogen) atoms. The van der Waals surface area contributed by atoms with E-state index in [1.807, 2.05) is 25.9 Å². The average molecular weight is 188 g/mol. The molecular formula is C8H20N4O. The number of nitrogens with one attached hydrogen (secondary N) is 1. The van der Waals surface area contributed by atoms with Gasteiger partial charge in [0.2, 0.25) is 5.91 Å². The van der Waals surface area contributed by atoms with E-state index in [1.165, 1.54) is 0 Å². The van der Waals surface area contributed by atoms with Crippen LogP contribution >= 0.6 is 0 Å². The van der Waals surface area contributed by atoms with Gasteiger partial charge in [-0.25, -0.2) is 5.84 Å². The van der Waals surface area contributed by atoms with Crippen LogP contribution in [0.4, 0.5) is 0 Å². The van der Waals surface area contributed by atoms with Crippen molar-refractivity contribution in [1.29, 1.82) is 0 Å². The van der Waals surface area contributed by atoms with Crippen LogP contribution in [0.2, 0.25) is 0 Å². The molecule has 5 nitrogen and oxygen atoms in total. The molecule has 0 aromatic carbocycles. The van der Waals surface area contributed by atoms with Gasteiger partial charge in [-0.3, -0.25) is 15.1 Å². The van der Waals surface area contributed by atoms with Crippen LogP contribution in [0.15, 0.2) is 0 Å². The van der Waals surface area contributed by atoms with Gasteiger partial charge in [0.15, 0.2) is 0 Å². The third-order valence-corrected chi connectivity index (χ3v) is 1.84. The Labute approximate surface area is 79.8 Å². The molecule has 0 aliphatic rings. The fourth-order valence-corrected chi connectivity index (χ4v) is 0.939. The van der Waals surface area contributed by atoms with E-state index in [9.17, 15) is 4.79 Å². The molecular weight excluding hydrogens is 168 g/mol. The molecule has 5 heteroatoms. The molecule has 0 rings (SSSR count). The van der Waals surface area contributed by atoms with Crippen molar-refractivity contribution in [2.75, 3.05) is 40.3 Å². The van der Waals surface area contributed by atoms with Crippen molar-refractivity contribution in [1.82, 2.24) is 15.2 Å². The monoisotopic (exact) mass is 188 g/mol. The molecule has 0 unspecified atom stereocenters. The average Bonchev–Trinajstić information content (AvgIpc) is 2.11. The maximum atomic E-state index is 10.9. The lowest BCUT2D eigenvalue weighted by atomic mass is 10.4. The van der Waals surface area contributed by atoms with Gasteiger partial charge < -0.3 is 4.90 Å². The van der Waals surface area contributed by atoms with E-state index in [0.717, 1.165) is 19.6 Å². The highest BCUT2D eigenvalue weighted by Gasteiger charge is 2.07. The summed E-state index contributed by atoms with van der Waals surface area (Å²) >= 11 is 0. The minimum atomic E-state index is -0.138. The summed E-state index contributed by atoms with van der Waals surface area (Å²) in [6.07, 6.45) is 0. The molecule has 0 saturated heterocycles. The minimum Gasteiger partial charge on any atom is -0.308 e. The number of nitrogens with zero attached hydrogens (tertiary/aromatic N) is 2. The number of amides is 1. The van der Waals surface area contributed by atoms with Gasteiger partial charge in [-0.15, -0.1) is 0 Å². The number of hydrogen-bond acceptors (Lipinski definition) is 4. The molecule has 0 fully saturated rings. The van der Waals surface area contributed by atoms with Crippen molar-refractivity contribution >= 4 is 5.91 Å². The van der Waals surface area contributed by atoms with E-state index in [2.05, 4.69) is 10.3 Å². The Bertz CT molecular complexity index is 149. The number of rotatable bonds is 6. The number of nitrogens with two attached hydrogens (primary N) is 1. The molecule has 78 valence electrons. The molecule has 0 bridgehead atoms. The summed E-state index contributed by atoms with van der Waals surface area (Å²) in [7, 11) is 4.02. The first-order chi connectivity index (χ1) is 6.10. The van der Waals surface area contributed by atoms with Crippen LogP contribution in [0.5, 0.6) is 0 Å². The number of hydrogen-bond donors (Lipinski definition) is 2. The van der Waals surface area contributed by atoms with Crippen molar-refractivity contribution in [2.45, 2.75) is 6.92 Å². The number of hydrazine groups is 1. The van der Waals surface area contributed by atoms with Crippen LogP contribution in [0.3, 0.4) is 0 Å². The van der Waals surface area contributed by atoms with Crippen molar-refractivity contribution in [3.05, 3.63) is 0 Å². The van der Waals surface area contributed by atoms with Crippen LogP contribution in [0.1, 0.15) is 6.92 Å². The first-order valence-corrected chi connectivity index (χ1v) is 4.46. The molecule has 0 aliphatic carbocycles. The fourth-order valence-electron chi connectivity index (χ4n) is 0.939. The summed E-state index contributed by atoms with van der Waals surface area (Å²) in [5, 5.41) is 0. The van der Waals surface area contributed by atoms with Crippen LogP contribution in [0.25, 0.3) is 0 Å². The smallest absolute Gasteiger partial charge is 0.248 e. The molecule has 0 spiro atoms. The van der Waals surface area contributed by atoms with Crippen molar-refractivity contribution in [2.24, 2.45) is 5.84 Å². The zero-order chi connectivity index (χ0) is 10.3. The standard InChI is InChI=1S/C8H20N4O/c1-4-12(6-5-11(2)3)7-8(13)10-9/h4-7,9H2,1-3H3,(H,10,13). The molecule has 0 atom stereocenters. The Kier molecular flexibility index (Phi) is 6.48. The Hall–Kier alpha value is -0.650. The fraction of sp³-hybridized carbons (Fsp3) is 0.875. The summed E-state index contributed by atoms with van der Waals surface area (Å²) in [6, 6.07) is 0. The molecule has 0 aromatic rings. The van der Waals surface area contributed by atoms with E-state index >= 15 is 0 Å². The summed E-state index contributed by atoms with van der Waals surface area (Å²) in [5.74, 6) is 4.86. The van der Waals surface area contributed by atoms with Gasteiger partial charge in [0.1, 0.15) is 0 Å². The first kappa shape index (κ1) is 12.3. The van der Waals surface area contributed by atoms with Gasteiger partial charge in [0.05, 0.1) is 6.54 Å².